The minimum Gasteiger partial charge on any atom is -0.399 e. The molecule has 0 aliphatic carbocycles. The van der Waals surface area contributed by atoms with Gasteiger partial charge in [-0.15, -0.1) is 0 Å². The van der Waals surface area contributed by atoms with Crippen LogP contribution in [0, 0.1) is 13.8 Å². The molecule has 1 aromatic heterocycles. The fourth-order valence-electron chi connectivity index (χ4n) is 2.47. The van der Waals surface area contributed by atoms with Crippen LogP contribution in [0.1, 0.15) is 16.7 Å². The molecule has 21 heavy (non-hydrogen) atoms. The van der Waals surface area contributed by atoms with Crippen LogP contribution in [0.3, 0.4) is 0 Å². The second kappa shape index (κ2) is 5.44. The SMILES string of the molecule is Cc1ccc(Cn2ccnc2-c2cccc(N)c2)cc1C. The van der Waals surface area contributed by atoms with E-state index in [1.165, 1.54) is 16.7 Å². The van der Waals surface area contributed by atoms with E-state index < -0.39 is 0 Å². The molecule has 0 saturated heterocycles. The highest BCUT2D eigenvalue weighted by Gasteiger charge is 2.07. The molecule has 3 nitrogen and oxygen atoms in total. The summed E-state index contributed by atoms with van der Waals surface area (Å²) in [6, 6.07) is 14.4. The van der Waals surface area contributed by atoms with Crippen molar-refractivity contribution in [3.8, 4) is 11.4 Å². The minimum atomic E-state index is 0.758. The number of nitrogens with zero attached hydrogens (tertiary/aromatic N) is 2. The van der Waals surface area contributed by atoms with Gasteiger partial charge in [0.25, 0.3) is 0 Å². The van der Waals surface area contributed by atoms with Gasteiger partial charge in [-0.1, -0.05) is 30.3 Å². The number of aromatic nitrogens is 2. The first-order valence-electron chi connectivity index (χ1n) is 7.06. The van der Waals surface area contributed by atoms with Crippen molar-refractivity contribution in [3.05, 3.63) is 71.5 Å². The fraction of sp³-hybridized carbons (Fsp3) is 0.167. The Kier molecular flexibility index (Phi) is 3.48. The lowest BCUT2D eigenvalue weighted by molar-refractivity contribution is 0.806. The van der Waals surface area contributed by atoms with Crippen molar-refractivity contribution in [1.82, 2.24) is 9.55 Å². The molecular formula is C18H19N3. The molecule has 0 bridgehead atoms. The van der Waals surface area contributed by atoms with Gasteiger partial charge in [-0.3, -0.25) is 0 Å². The van der Waals surface area contributed by atoms with Crippen LogP contribution in [0.4, 0.5) is 5.69 Å². The summed E-state index contributed by atoms with van der Waals surface area (Å²) in [6.07, 6.45) is 3.84. The lowest BCUT2D eigenvalue weighted by Gasteiger charge is -2.10. The fourth-order valence-corrected chi connectivity index (χ4v) is 2.47. The van der Waals surface area contributed by atoms with Gasteiger partial charge in [0.15, 0.2) is 0 Å². The van der Waals surface area contributed by atoms with Crippen LogP contribution in [0.25, 0.3) is 11.4 Å². The first-order valence-corrected chi connectivity index (χ1v) is 7.06. The van der Waals surface area contributed by atoms with Crippen LogP contribution in [0.15, 0.2) is 54.9 Å². The molecule has 106 valence electrons. The number of rotatable bonds is 3. The van der Waals surface area contributed by atoms with Gasteiger partial charge in [0, 0.05) is 30.2 Å². The molecule has 1 heterocycles. The van der Waals surface area contributed by atoms with Gasteiger partial charge in [0.2, 0.25) is 0 Å². The molecule has 3 aromatic rings. The maximum atomic E-state index is 5.87. The predicted octanol–water partition coefficient (Wildman–Crippen LogP) is 3.80. The van der Waals surface area contributed by atoms with E-state index in [-0.39, 0.29) is 0 Å². The van der Waals surface area contributed by atoms with Crippen LogP contribution in [-0.2, 0) is 6.54 Å². The maximum absolute atomic E-state index is 5.87. The standard InChI is InChI=1S/C18H19N3/c1-13-6-7-15(10-14(13)2)12-21-9-8-20-18(21)16-4-3-5-17(19)11-16/h3-11H,12,19H2,1-2H3. The molecule has 0 radical (unpaired) electrons. The largest absolute Gasteiger partial charge is 0.399 e. The summed E-state index contributed by atoms with van der Waals surface area (Å²) < 4.78 is 2.15. The molecule has 0 aliphatic heterocycles. The van der Waals surface area contributed by atoms with Gasteiger partial charge in [0.1, 0.15) is 5.82 Å². The minimum absolute atomic E-state index is 0.758. The number of hydrogen-bond acceptors (Lipinski definition) is 2. The van der Waals surface area contributed by atoms with E-state index in [2.05, 4.69) is 41.6 Å². The summed E-state index contributed by atoms with van der Waals surface area (Å²) in [4.78, 5) is 4.47. The lowest BCUT2D eigenvalue weighted by atomic mass is 10.1. The summed E-state index contributed by atoms with van der Waals surface area (Å²) in [6.45, 7) is 5.09. The van der Waals surface area contributed by atoms with Gasteiger partial charge < -0.3 is 10.3 Å². The zero-order valence-electron chi connectivity index (χ0n) is 12.4. The molecular weight excluding hydrogens is 258 g/mol. The molecule has 0 atom stereocenters. The van der Waals surface area contributed by atoms with Crippen LogP contribution in [-0.4, -0.2) is 9.55 Å². The van der Waals surface area contributed by atoms with Gasteiger partial charge in [0.05, 0.1) is 0 Å². The van der Waals surface area contributed by atoms with Crippen LogP contribution in [0.2, 0.25) is 0 Å². The van der Waals surface area contributed by atoms with Gasteiger partial charge >= 0.3 is 0 Å². The summed E-state index contributed by atoms with van der Waals surface area (Å²) in [7, 11) is 0. The number of benzene rings is 2. The number of nitrogens with two attached hydrogens (primary N) is 1. The van der Waals surface area contributed by atoms with E-state index in [0.29, 0.717) is 0 Å². The molecule has 0 saturated carbocycles. The summed E-state index contributed by atoms with van der Waals surface area (Å²) in [5, 5.41) is 0. The maximum Gasteiger partial charge on any atom is 0.140 e. The number of anilines is 1. The van der Waals surface area contributed by atoms with E-state index in [0.717, 1.165) is 23.6 Å². The molecule has 0 spiro atoms. The van der Waals surface area contributed by atoms with Crippen LogP contribution < -0.4 is 5.73 Å². The van der Waals surface area contributed by atoms with E-state index in [1.807, 2.05) is 36.7 Å². The Balaban J connectivity index is 1.94. The van der Waals surface area contributed by atoms with Crippen LogP contribution in [0.5, 0.6) is 0 Å². The zero-order chi connectivity index (χ0) is 14.8. The van der Waals surface area contributed by atoms with Crippen molar-refractivity contribution < 1.29 is 0 Å². The van der Waals surface area contributed by atoms with Gasteiger partial charge in [-0.05, 0) is 42.7 Å². The highest BCUT2D eigenvalue weighted by atomic mass is 15.1. The monoisotopic (exact) mass is 277 g/mol. The molecule has 0 aliphatic rings. The van der Waals surface area contributed by atoms with Crippen molar-refractivity contribution in [2.75, 3.05) is 5.73 Å². The molecule has 3 heteroatoms. The molecule has 0 fully saturated rings. The topological polar surface area (TPSA) is 43.8 Å². The average molecular weight is 277 g/mol. The zero-order valence-corrected chi connectivity index (χ0v) is 12.4. The molecule has 2 N–H and O–H groups in total. The molecule has 0 unspecified atom stereocenters. The second-order valence-electron chi connectivity index (χ2n) is 5.42. The number of hydrogen-bond donors (Lipinski definition) is 1. The third kappa shape index (κ3) is 2.82. The Labute approximate surface area is 125 Å². The predicted molar refractivity (Wildman–Crippen MR) is 87.1 cm³/mol. The van der Waals surface area contributed by atoms with Gasteiger partial charge in [-0.25, -0.2) is 4.98 Å². The number of aryl methyl sites for hydroxylation is 2. The van der Waals surface area contributed by atoms with E-state index in [4.69, 9.17) is 5.73 Å². The van der Waals surface area contributed by atoms with Crippen LogP contribution >= 0.6 is 0 Å². The molecule has 0 amide bonds. The Morgan fingerprint density at radius 2 is 1.90 bits per heavy atom. The van der Waals surface area contributed by atoms with Crippen molar-refractivity contribution in [2.45, 2.75) is 20.4 Å². The van der Waals surface area contributed by atoms with Crippen molar-refractivity contribution in [1.29, 1.82) is 0 Å². The third-order valence-corrected chi connectivity index (χ3v) is 3.78. The van der Waals surface area contributed by atoms with E-state index in [9.17, 15) is 0 Å². The Morgan fingerprint density at radius 3 is 2.67 bits per heavy atom. The van der Waals surface area contributed by atoms with Crippen molar-refractivity contribution >= 4 is 5.69 Å². The highest BCUT2D eigenvalue weighted by molar-refractivity contribution is 5.61. The number of nitrogen functional groups attached to an aromatic ring is 1. The van der Waals surface area contributed by atoms with Crippen molar-refractivity contribution in [3.63, 3.8) is 0 Å². The Bertz CT molecular complexity index is 772. The average Bonchev–Trinajstić information content (AvgIpc) is 2.91. The highest BCUT2D eigenvalue weighted by Crippen LogP contribution is 2.21. The lowest BCUT2D eigenvalue weighted by Crippen LogP contribution is -2.02. The van der Waals surface area contributed by atoms with E-state index >= 15 is 0 Å². The Hall–Kier alpha value is -2.55. The van der Waals surface area contributed by atoms with E-state index in [1.54, 1.807) is 0 Å². The second-order valence-corrected chi connectivity index (χ2v) is 5.42. The first-order chi connectivity index (χ1) is 10.1. The normalized spacial score (nSPS) is 10.8. The summed E-state index contributed by atoms with van der Waals surface area (Å²) >= 11 is 0. The molecule has 3 rings (SSSR count). The summed E-state index contributed by atoms with van der Waals surface area (Å²) in [5.41, 5.74) is 11.6. The third-order valence-electron chi connectivity index (χ3n) is 3.78. The first kappa shape index (κ1) is 13.4. The molecule has 2 aromatic carbocycles. The van der Waals surface area contributed by atoms with Crippen molar-refractivity contribution in [2.24, 2.45) is 0 Å². The summed E-state index contributed by atoms with van der Waals surface area (Å²) in [5.74, 6) is 0.945. The van der Waals surface area contributed by atoms with Gasteiger partial charge in [-0.2, -0.15) is 0 Å². The number of imidazole rings is 1. The quantitative estimate of drug-likeness (QED) is 0.740. The smallest absolute Gasteiger partial charge is 0.140 e. The Morgan fingerprint density at radius 1 is 1.05 bits per heavy atom.